The highest BCUT2D eigenvalue weighted by Gasteiger charge is 2.66. The molecule has 0 saturated heterocycles. The number of hydrogen-bond acceptors (Lipinski definition) is 3. The van der Waals surface area contributed by atoms with Crippen molar-refractivity contribution >= 4 is 12.3 Å². The molecule has 3 unspecified atom stereocenters. The Kier molecular flexibility index (Phi) is 6.37. The normalized spacial score (nSPS) is 41.0. The minimum Gasteiger partial charge on any atom is -0.449 e. The summed E-state index contributed by atoms with van der Waals surface area (Å²) in [6, 6.07) is 0. The van der Waals surface area contributed by atoms with Crippen LogP contribution in [0.2, 0.25) is 0 Å². The minimum absolute atomic E-state index is 0.725. The van der Waals surface area contributed by atoms with E-state index in [1.54, 1.807) is 83.5 Å². The third-order valence-corrected chi connectivity index (χ3v) is 10.1. The van der Waals surface area contributed by atoms with E-state index in [2.05, 4.69) is 11.7 Å². The fourth-order valence-electron chi connectivity index (χ4n) is 9.29. The van der Waals surface area contributed by atoms with E-state index in [9.17, 15) is 9.59 Å². The molecule has 0 aromatic rings. The fraction of sp³-hybridized carbons (Fsp3) is 0.920. The minimum atomic E-state index is -1.81. The van der Waals surface area contributed by atoms with Gasteiger partial charge in [0, 0.05) is 0 Å². The second-order valence-corrected chi connectivity index (χ2v) is 11.3. The fourth-order valence-corrected chi connectivity index (χ4v) is 9.29. The van der Waals surface area contributed by atoms with Crippen molar-refractivity contribution in [1.29, 1.82) is 0 Å². The Balaban J connectivity index is 0.000000272. The van der Waals surface area contributed by atoms with Crippen LogP contribution in [0.15, 0.2) is 0 Å². The van der Waals surface area contributed by atoms with Crippen LogP contribution in [0.25, 0.3) is 0 Å². The van der Waals surface area contributed by atoms with Crippen molar-refractivity contribution in [2.24, 2.45) is 40.4 Å². The van der Waals surface area contributed by atoms with Crippen molar-refractivity contribution in [3.8, 4) is 0 Å². The van der Waals surface area contributed by atoms with Crippen molar-refractivity contribution in [3.05, 3.63) is 0 Å². The lowest BCUT2D eigenvalue weighted by molar-refractivity contribution is -0.229. The van der Waals surface area contributed by atoms with Gasteiger partial charge in [0.1, 0.15) is 0 Å². The number of carbonyl (C=O) groups is 2. The highest BCUT2D eigenvalue weighted by Crippen LogP contribution is 2.75. The monoisotopic (exact) mass is 420 g/mol. The molecule has 30 heavy (non-hydrogen) atoms. The van der Waals surface area contributed by atoms with E-state index >= 15 is 0 Å². The van der Waals surface area contributed by atoms with Crippen molar-refractivity contribution in [3.63, 3.8) is 0 Å². The summed E-state index contributed by atoms with van der Waals surface area (Å²) in [5, 5.41) is 15.0. The molecule has 5 heteroatoms. The van der Waals surface area contributed by atoms with Crippen LogP contribution in [0, 0.1) is 40.4 Å². The van der Waals surface area contributed by atoms with Gasteiger partial charge in [0.15, 0.2) is 0 Å². The summed E-state index contributed by atoms with van der Waals surface area (Å²) in [5.74, 6) is 5.57. The zero-order chi connectivity index (χ0) is 21.4. The predicted octanol–water partition coefficient (Wildman–Crippen LogP) is 7.34. The highest BCUT2D eigenvalue weighted by molar-refractivity contribution is 5.74. The van der Waals surface area contributed by atoms with Crippen molar-refractivity contribution in [1.82, 2.24) is 0 Å². The van der Waals surface area contributed by atoms with Gasteiger partial charge in [0.05, 0.1) is 0 Å². The molecular formula is C25H40O5. The maximum atomic E-state index is 9.21. The predicted molar refractivity (Wildman–Crippen MR) is 114 cm³/mol. The lowest BCUT2D eigenvalue weighted by atomic mass is 9.33. The Morgan fingerprint density at radius 3 is 1.60 bits per heavy atom. The van der Waals surface area contributed by atoms with Gasteiger partial charge in [-0.05, 0) is 98.2 Å². The van der Waals surface area contributed by atoms with Crippen LogP contribution >= 0.6 is 0 Å². The van der Waals surface area contributed by atoms with Crippen LogP contribution in [0.5, 0.6) is 0 Å². The zero-order valence-corrected chi connectivity index (χ0v) is 18.6. The molecule has 3 atom stereocenters. The van der Waals surface area contributed by atoms with Gasteiger partial charge in [-0.2, -0.15) is 0 Å². The Labute approximate surface area is 180 Å². The molecule has 0 amide bonds. The smallest absolute Gasteiger partial charge is 0.449 e. The molecular weight excluding hydrogens is 380 g/mol. The maximum Gasteiger partial charge on any atom is 0.516 e. The first-order valence-electron chi connectivity index (χ1n) is 12.5. The standard InChI is InChI=1S/C23H38.C2H2O5/c1-22(19-8-4-2-5-9-19)21-13-17-12-18(14-21)16-23(22,15-17)20-10-6-3-7-11-20;3-1(4)7-2(5)6/h17-21H,2-16H2,1H3;(H,3,4)(H,5,6). The summed E-state index contributed by atoms with van der Waals surface area (Å²) in [5.41, 5.74) is 1.51. The van der Waals surface area contributed by atoms with Gasteiger partial charge in [-0.3, -0.25) is 0 Å². The molecule has 4 bridgehead atoms. The number of carboxylic acid groups (broad SMARTS) is 2. The molecule has 5 nitrogen and oxygen atoms in total. The lowest BCUT2D eigenvalue weighted by Crippen LogP contribution is -2.64. The molecule has 6 aliphatic rings. The number of rotatable bonds is 2. The van der Waals surface area contributed by atoms with E-state index in [0.717, 1.165) is 40.4 Å². The van der Waals surface area contributed by atoms with Crippen molar-refractivity contribution in [2.45, 2.75) is 103 Å². The second kappa shape index (κ2) is 8.70. The molecule has 0 heterocycles. The Morgan fingerprint density at radius 2 is 1.17 bits per heavy atom. The molecule has 6 rings (SSSR count). The average Bonchev–Trinajstić information content (AvgIpc) is 2.72. The van der Waals surface area contributed by atoms with Gasteiger partial charge < -0.3 is 14.9 Å². The molecule has 0 radical (unpaired) electrons. The van der Waals surface area contributed by atoms with E-state index in [1.807, 2.05) is 0 Å². The topological polar surface area (TPSA) is 83.8 Å². The van der Waals surface area contributed by atoms with Crippen LogP contribution in [-0.2, 0) is 4.74 Å². The lowest BCUT2D eigenvalue weighted by Gasteiger charge is -2.72. The van der Waals surface area contributed by atoms with Crippen molar-refractivity contribution in [2.75, 3.05) is 0 Å². The Morgan fingerprint density at radius 1 is 0.700 bits per heavy atom. The molecule has 0 aromatic heterocycles. The quantitative estimate of drug-likeness (QED) is 0.361. The van der Waals surface area contributed by atoms with Gasteiger partial charge in [-0.1, -0.05) is 45.4 Å². The molecule has 0 aliphatic heterocycles. The van der Waals surface area contributed by atoms with Gasteiger partial charge in [0.25, 0.3) is 0 Å². The van der Waals surface area contributed by atoms with Gasteiger partial charge >= 0.3 is 12.3 Å². The first-order valence-corrected chi connectivity index (χ1v) is 12.5. The third kappa shape index (κ3) is 3.86. The van der Waals surface area contributed by atoms with E-state index in [1.165, 1.54) is 12.8 Å². The van der Waals surface area contributed by atoms with Crippen LogP contribution in [-0.4, -0.2) is 22.5 Å². The largest absolute Gasteiger partial charge is 0.516 e. The van der Waals surface area contributed by atoms with Gasteiger partial charge in [-0.25, -0.2) is 9.59 Å². The summed E-state index contributed by atoms with van der Waals surface area (Å²) in [6.45, 7) is 2.85. The van der Waals surface area contributed by atoms with E-state index < -0.39 is 12.3 Å². The highest BCUT2D eigenvalue weighted by atomic mass is 16.7. The number of ether oxygens (including phenoxy) is 1. The molecule has 6 saturated carbocycles. The van der Waals surface area contributed by atoms with Gasteiger partial charge in [0.2, 0.25) is 0 Å². The van der Waals surface area contributed by atoms with Crippen LogP contribution in [0.4, 0.5) is 9.59 Å². The van der Waals surface area contributed by atoms with E-state index in [4.69, 9.17) is 10.2 Å². The van der Waals surface area contributed by atoms with Crippen LogP contribution < -0.4 is 0 Å². The van der Waals surface area contributed by atoms with Crippen LogP contribution in [0.1, 0.15) is 103 Å². The first kappa shape index (κ1) is 22.0. The SMILES string of the molecule is CC1(C2CCCCC2)C2CC3CC(C2)CC1(C1CCCCC1)C3.O=C(O)OC(=O)O. The molecule has 170 valence electrons. The average molecular weight is 421 g/mol. The van der Waals surface area contributed by atoms with Crippen molar-refractivity contribution < 1.29 is 24.5 Å². The molecule has 6 fully saturated rings. The summed E-state index contributed by atoms with van der Waals surface area (Å²) >= 11 is 0. The summed E-state index contributed by atoms with van der Waals surface area (Å²) < 4.78 is 3.08. The maximum absolute atomic E-state index is 9.21. The third-order valence-electron chi connectivity index (χ3n) is 10.1. The van der Waals surface area contributed by atoms with E-state index in [0.29, 0.717) is 0 Å². The summed E-state index contributed by atoms with van der Waals surface area (Å²) in [6.07, 6.45) is 20.1. The van der Waals surface area contributed by atoms with E-state index in [-0.39, 0.29) is 0 Å². The summed E-state index contributed by atoms with van der Waals surface area (Å²) in [4.78, 5) is 18.4. The summed E-state index contributed by atoms with van der Waals surface area (Å²) in [7, 11) is 0. The molecule has 0 spiro atoms. The number of hydrogen-bond donors (Lipinski definition) is 2. The first-order chi connectivity index (χ1) is 14.3. The molecule has 6 aliphatic carbocycles. The Hall–Kier alpha value is -1.26. The van der Waals surface area contributed by atoms with Gasteiger partial charge in [-0.15, -0.1) is 0 Å². The Bertz CT molecular complexity index is 603. The van der Waals surface area contributed by atoms with Crippen LogP contribution in [0.3, 0.4) is 0 Å². The molecule has 2 N–H and O–H groups in total. The zero-order valence-electron chi connectivity index (χ0n) is 18.6. The molecule has 0 aromatic carbocycles. The second-order valence-electron chi connectivity index (χ2n) is 11.3.